The number of aryl methyl sites for hydroxylation is 2. The van der Waals surface area contributed by atoms with Gasteiger partial charge in [-0.2, -0.15) is 5.10 Å². The van der Waals surface area contributed by atoms with E-state index in [0.717, 1.165) is 50.5 Å². The number of piperidine rings is 1. The highest BCUT2D eigenvalue weighted by molar-refractivity contribution is 5.92. The van der Waals surface area contributed by atoms with E-state index in [-0.39, 0.29) is 11.8 Å². The maximum Gasteiger partial charge on any atom is 0.272 e. The van der Waals surface area contributed by atoms with Gasteiger partial charge < -0.3 is 14.5 Å². The summed E-state index contributed by atoms with van der Waals surface area (Å²) in [4.78, 5) is 28.9. The first kappa shape index (κ1) is 21.4. The van der Waals surface area contributed by atoms with Crippen molar-refractivity contribution in [2.24, 2.45) is 24.8 Å². The van der Waals surface area contributed by atoms with E-state index < -0.39 is 0 Å². The smallest absolute Gasteiger partial charge is 0.272 e. The Balaban J connectivity index is 1.38. The molecule has 31 heavy (non-hydrogen) atoms. The summed E-state index contributed by atoms with van der Waals surface area (Å²) < 4.78 is 7.73. The van der Waals surface area contributed by atoms with Gasteiger partial charge in [-0.05, 0) is 49.8 Å². The maximum absolute atomic E-state index is 12.9. The molecule has 0 saturated carbocycles. The molecule has 2 fully saturated rings. The van der Waals surface area contributed by atoms with Gasteiger partial charge in [0.1, 0.15) is 11.4 Å². The summed E-state index contributed by atoms with van der Waals surface area (Å²) in [5, 5.41) is 4.30. The number of amides is 2. The predicted octanol–water partition coefficient (Wildman–Crippen LogP) is 2.75. The third-order valence-electron chi connectivity index (χ3n) is 6.80. The molecule has 0 bridgehead atoms. The Hall–Kier alpha value is -2.83. The third kappa shape index (κ3) is 4.75. The average Bonchev–Trinajstić information content (AvgIpc) is 3.35. The van der Waals surface area contributed by atoms with Crippen LogP contribution in [0.5, 0.6) is 5.75 Å². The van der Waals surface area contributed by atoms with E-state index in [1.165, 1.54) is 0 Å². The van der Waals surface area contributed by atoms with Crippen molar-refractivity contribution >= 4 is 11.8 Å². The number of para-hydroxylation sites is 1. The van der Waals surface area contributed by atoms with Gasteiger partial charge in [-0.25, -0.2) is 0 Å². The van der Waals surface area contributed by atoms with Gasteiger partial charge in [0.25, 0.3) is 5.91 Å². The SMILES string of the molecule is CC(=O)N1C[C@@H](COc2ccccc2)[C@H](C2CCN(C(=O)c3cc(C)nn3C)CC2)C1. The summed E-state index contributed by atoms with van der Waals surface area (Å²) in [6.45, 7) is 7.20. The van der Waals surface area contributed by atoms with Crippen LogP contribution < -0.4 is 4.74 Å². The molecular formula is C24H32N4O3. The Morgan fingerprint density at radius 2 is 1.81 bits per heavy atom. The quantitative estimate of drug-likeness (QED) is 0.740. The van der Waals surface area contributed by atoms with Crippen molar-refractivity contribution in [2.45, 2.75) is 26.7 Å². The predicted molar refractivity (Wildman–Crippen MR) is 118 cm³/mol. The first-order valence-corrected chi connectivity index (χ1v) is 11.2. The van der Waals surface area contributed by atoms with E-state index in [2.05, 4.69) is 5.10 Å². The Labute approximate surface area is 184 Å². The highest BCUT2D eigenvalue weighted by Gasteiger charge is 2.40. The van der Waals surface area contributed by atoms with Gasteiger partial charge in [0.05, 0.1) is 12.3 Å². The van der Waals surface area contributed by atoms with Crippen LogP contribution in [0.15, 0.2) is 36.4 Å². The summed E-state index contributed by atoms with van der Waals surface area (Å²) in [5.41, 5.74) is 1.51. The number of carbonyl (C=O) groups excluding carboxylic acids is 2. The van der Waals surface area contributed by atoms with Crippen LogP contribution in [0, 0.1) is 24.7 Å². The van der Waals surface area contributed by atoms with Gasteiger partial charge in [-0.15, -0.1) is 0 Å². The molecule has 4 rings (SSSR count). The normalized spacial score (nSPS) is 22.0. The van der Waals surface area contributed by atoms with Crippen LogP contribution in [0.1, 0.15) is 35.9 Å². The highest BCUT2D eigenvalue weighted by Crippen LogP contribution is 2.36. The van der Waals surface area contributed by atoms with Crippen molar-refractivity contribution in [1.82, 2.24) is 19.6 Å². The number of aromatic nitrogens is 2. The molecule has 0 unspecified atom stereocenters. The van der Waals surface area contributed by atoms with Crippen LogP contribution in [0.2, 0.25) is 0 Å². The molecule has 0 spiro atoms. The second-order valence-electron chi connectivity index (χ2n) is 8.90. The Morgan fingerprint density at radius 3 is 2.42 bits per heavy atom. The second-order valence-corrected chi connectivity index (χ2v) is 8.90. The van der Waals surface area contributed by atoms with Crippen molar-refractivity contribution in [3.8, 4) is 5.75 Å². The molecule has 2 saturated heterocycles. The number of nitrogens with zero attached hydrogens (tertiary/aromatic N) is 4. The molecule has 0 radical (unpaired) electrons. The second kappa shape index (κ2) is 9.12. The number of rotatable bonds is 5. The van der Waals surface area contributed by atoms with Crippen LogP contribution >= 0.6 is 0 Å². The fourth-order valence-corrected chi connectivity index (χ4v) is 5.09. The molecule has 2 aliphatic heterocycles. The summed E-state index contributed by atoms with van der Waals surface area (Å²) in [7, 11) is 1.82. The first-order valence-electron chi connectivity index (χ1n) is 11.2. The molecule has 2 aromatic rings. The molecule has 3 heterocycles. The number of benzene rings is 1. The van der Waals surface area contributed by atoms with Gasteiger partial charge in [0.2, 0.25) is 5.91 Å². The maximum atomic E-state index is 12.9. The Kier molecular flexibility index (Phi) is 6.30. The molecule has 0 N–H and O–H groups in total. The highest BCUT2D eigenvalue weighted by atomic mass is 16.5. The van der Waals surface area contributed by atoms with E-state index in [4.69, 9.17) is 4.74 Å². The molecule has 1 aromatic heterocycles. The van der Waals surface area contributed by atoms with E-state index in [0.29, 0.717) is 30.1 Å². The van der Waals surface area contributed by atoms with E-state index >= 15 is 0 Å². The van der Waals surface area contributed by atoms with Crippen molar-refractivity contribution in [1.29, 1.82) is 0 Å². The lowest BCUT2D eigenvalue weighted by Gasteiger charge is -2.36. The van der Waals surface area contributed by atoms with Crippen LogP contribution in [0.4, 0.5) is 0 Å². The van der Waals surface area contributed by atoms with E-state index in [1.54, 1.807) is 11.6 Å². The largest absolute Gasteiger partial charge is 0.493 e. The van der Waals surface area contributed by atoms with Crippen LogP contribution in [-0.4, -0.2) is 64.2 Å². The summed E-state index contributed by atoms with van der Waals surface area (Å²) in [6, 6.07) is 11.7. The molecule has 7 nitrogen and oxygen atoms in total. The van der Waals surface area contributed by atoms with Crippen molar-refractivity contribution in [3.05, 3.63) is 47.8 Å². The fourth-order valence-electron chi connectivity index (χ4n) is 5.09. The van der Waals surface area contributed by atoms with Gasteiger partial charge >= 0.3 is 0 Å². The summed E-state index contributed by atoms with van der Waals surface area (Å²) in [6.07, 6.45) is 1.92. The zero-order valence-corrected chi connectivity index (χ0v) is 18.7. The zero-order valence-electron chi connectivity index (χ0n) is 18.7. The van der Waals surface area contributed by atoms with Crippen LogP contribution in [0.3, 0.4) is 0 Å². The molecule has 0 aliphatic carbocycles. The van der Waals surface area contributed by atoms with Crippen LogP contribution in [-0.2, 0) is 11.8 Å². The Bertz CT molecular complexity index is 918. The molecule has 166 valence electrons. The fraction of sp³-hybridized carbons (Fsp3) is 0.542. The molecular weight excluding hydrogens is 392 g/mol. The minimum Gasteiger partial charge on any atom is -0.493 e. The molecule has 2 amide bonds. The minimum atomic E-state index is 0.0577. The lowest BCUT2D eigenvalue weighted by molar-refractivity contribution is -0.128. The molecule has 1 aromatic carbocycles. The third-order valence-corrected chi connectivity index (χ3v) is 6.80. The average molecular weight is 425 g/mol. The van der Waals surface area contributed by atoms with Crippen molar-refractivity contribution in [3.63, 3.8) is 0 Å². The minimum absolute atomic E-state index is 0.0577. The topological polar surface area (TPSA) is 67.7 Å². The molecule has 2 aliphatic rings. The van der Waals surface area contributed by atoms with E-state index in [9.17, 15) is 9.59 Å². The van der Waals surface area contributed by atoms with E-state index in [1.807, 2.05) is 60.2 Å². The number of ether oxygens (including phenoxy) is 1. The number of likely N-dealkylation sites (tertiary alicyclic amines) is 2. The Morgan fingerprint density at radius 1 is 1.10 bits per heavy atom. The van der Waals surface area contributed by atoms with Crippen molar-refractivity contribution < 1.29 is 14.3 Å². The lowest BCUT2D eigenvalue weighted by atomic mass is 9.78. The lowest BCUT2D eigenvalue weighted by Crippen LogP contribution is -2.42. The van der Waals surface area contributed by atoms with Gasteiger partial charge in [-0.1, -0.05) is 18.2 Å². The summed E-state index contributed by atoms with van der Waals surface area (Å²) in [5.74, 6) is 2.27. The van der Waals surface area contributed by atoms with Gasteiger partial charge in [0, 0.05) is 46.1 Å². The first-order chi connectivity index (χ1) is 14.9. The van der Waals surface area contributed by atoms with Gasteiger partial charge in [0.15, 0.2) is 0 Å². The molecule has 2 atom stereocenters. The summed E-state index contributed by atoms with van der Waals surface area (Å²) >= 11 is 0. The standard InChI is InChI=1S/C24H32N4O3/c1-17-13-23(26(3)25-17)24(30)27-11-9-19(10-12-27)22-15-28(18(2)29)14-20(22)16-31-21-7-5-4-6-8-21/h4-8,13,19-20,22H,9-12,14-16H2,1-3H3/t20-,22-/m0/s1. The molecule has 7 heteroatoms. The number of hydrogen-bond acceptors (Lipinski definition) is 4. The zero-order chi connectivity index (χ0) is 22.0. The van der Waals surface area contributed by atoms with Crippen molar-refractivity contribution in [2.75, 3.05) is 32.8 Å². The van der Waals surface area contributed by atoms with Gasteiger partial charge in [-0.3, -0.25) is 14.3 Å². The van der Waals surface area contributed by atoms with Crippen LogP contribution in [0.25, 0.3) is 0 Å². The monoisotopic (exact) mass is 424 g/mol. The number of hydrogen-bond donors (Lipinski definition) is 0. The number of carbonyl (C=O) groups is 2.